The molecule has 30 heavy (non-hydrogen) atoms. The first-order valence-electron chi connectivity index (χ1n) is 8.07. The summed E-state index contributed by atoms with van der Waals surface area (Å²) in [7, 11) is -11.1. The Morgan fingerprint density at radius 2 is 2.10 bits per heavy atom. The van der Waals surface area contributed by atoms with Gasteiger partial charge in [0, 0.05) is 6.20 Å². The Morgan fingerprint density at radius 1 is 1.40 bits per heavy atom. The number of rotatable bonds is 8. The van der Waals surface area contributed by atoms with Crippen molar-refractivity contribution in [2.75, 3.05) is 12.3 Å². The van der Waals surface area contributed by atoms with Crippen molar-refractivity contribution in [1.82, 2.24) is 14.5 Å². The van der Waals surface area contributed by atoms with Gasteiger partial charge in [-0.05, 0) is 13.0 Å². The van der Waals surface area contributed by atoms with Crippen molar-refractivity contribution in [2.24, 2.45) is 0 Å². The maximum absolute atomic E-state index is 11.8. The average molecular weight is 488 g/mol. The number of anilines is 1. The molecule has 3 heterocycles. The lowest BCUT2D eigenvalue weighted by molar-refractivity contribution is -0.0947. The number of nitrogens with two attached hydrogens (primary N) is 1. The zero-order chi connectivity index (χ0) is 22.3. The Bertz CT molecular complexity index is 943. The van der Waals surface area contributed by atoms with Crippen LogP contribution in [0.3, 0.4) is 0 Å². The molecular formula is C12H19N4O11P3. The highest BCUT2D eigenvalue weighted by molar-refractivity contribution is 7.62. The van der Waals surface area contributed by atoms with Gasteiger partial charge in [0.15, 0.2) is 6.23 Å². The summed E-state index contributed by atoms with van der Waals surface area (Å²) in [5.74, 6) is 0.201. The molecule has 6 atom stereocenters. The van der Waals surface area contributed by atoms with Crippen LogP contribution in [0.1, 0.15) is 13.2 Å². The molecule has 0 saturated carbocycles. The summed E-state index contributed by atoms with van der Waals surface area (Å²) in [5.41, 5.74) is 4.25. The summed E-state index contributed by atoms with van der Waals surface area (Å²) < 4.78 is 31.8. The number of aromatic nitrogens is 3. The molecule has 1 saturated heterocycles. The second-order valence-electron chi connectivity index (χ2n) is 6.33. The quantitative estimate of drug-likeness (QED) is 0.235. The summed E-state index contributed by atoms with van der Waals surface area (Å²) in [6, 6.07) is 1.59. The molecule has 0 bridgehead atoms. The van der Waals surface area contributed by atoms with Crippen molar-refractivity contribution in [3.63, 3.8) is 0 Å². The lowest BCUT2D eigenvalue weighted by atomic mass is 9.96. The van der Waals surface area contributed by atoms with Crippen molar-refractivity contribution in [3.8, 4) is 0 Å². The van der Waals surface area contributed by atoms with Gasteiger partial charge < -0.3 is 44.8 Å². The molecule has 1 fully saturated rings. The fraction of sp³-hybridized carbons (Fsp3) is 0.500. The van der Waals surface area contributed by atoms with Crippen LogP contribution in [0.2, 0.25) is 0 Å². The van der Waals surface area contributed by atoms with E-state index >= 15 is 0 Å². The summed E-state index contributed by atoms with van der Waals surface area (Å²) >= 11 is 0. The monoisotopic (exact) mass is 488 g/mol. The Morgan fingerprint density at radius 3 is 2.77 bits per heavy atom. The van der Waals surface area contributed by atoms with Crippen LogP contribution in [-0.4, -0.2) is 68.7 Å². The molecule has 18 heteroatoms. The number of phosphoric acid groups is 1. The Kier molecular flexibility index (Phi) is 7.07. The summed E-state index contributed by atoms with van der Waals surface area (Å²) in [6.07, 6.45) is -1.28. The van der Waals surface area contributed by atoms with Crippen LogP contribution >= 0.6 is 25.0 Å². The molecule has 1 aliphatic heterocycles. The van der Waals surface area contributed by atoms with Gasteiger partial charge in [-0.1, -0.05) is 0 Å². The number of phosphoric ester groups is 1. The van der Waals surface area contributed by atoms with Crippen LogP contribution in [0.25, 0.3) is 11.0 Å². The molecule has 0 spiro atoms. The third-order valence-electron chi connectivity index (χ3n) is 4.27. The van der Waals surface area contributed by atoms with Gasteiger partial charge in [0.1, 0.15) is 35.6 Å². The zero-order valence-electron chi connectivity index (χ0n) is 15.2. The number of hydrogen-bond acceptors (Lipinski definition) is 13. The number of ether oxygens (including phenoxy) is 1. The van der Waals surface area contributed by atoms with E-state index in [1.165, 1.54) is 24.0 Å². The van der Waals surface area contributed by atoms with E-state index in [1.807, 2.05) is 0 Å². The molecule has 168 valence electrons. The summed E-state index contributed by atoms with van der Waals surface area (Å²) in [5, 5.41) is 21.7. The van der Waals surface area contributed by atoms with E-state index in [-0.39, 0.29) is 5.82 Å². The molecule has 15 nitrogen and oxygen atoms in total. The minimum absolute atomic E-state index is 0.201. The smallest absolute Gasteiger partial charge is 0.387 e. The van der Waals surface area contributed by atoms with E-state index in [9.17, 15) is 24.6 Å². The van der Waals surface area contributed by atoms with E-state index in [1.54, 1.807) is 6.07 Å². The van der Waals surface area contributed by atoms with Crippen LogP contribution in [0, 0.1) is 0 Å². The maximum atomic E-state index is 11.8. The zero-order valence-corrected chi connectivity index (χ0v) is 17.8. The number of nitrogen functional groups attached to an aromatic ring is 1. The van der Waals surface area contributed by atoms with Crippen molar-refractivity contribution in [1.29, 1.82) is 0 Å². The second kappa shape index (κ2) is 8.93. The van der Waals surface area contributed by atoms with Crippen LogP contribution < -0.4 is 5.73 Å². The van der Waals surface area contributed by atoms with Crippen LogP contribution in [0.5, 0.6) is 0 Å². The number of fused-ring (bicyclic) bond motifs is 1. The number of aliphatic hydroxyl groups excluding tert-OH is 1. The van der Waals surface area contributed by atoms with E-state index in [0.717, 1.165) is 0 Å². The molecule has 0 aliphatic carbocycles. The SMILES string of the molecule is CC1(O)C(n2ccc3c(N)ncnc32)OC(COP(=O)(O)OP(O)OP(O)O)[C@@H]1O. The van der Waals surface area contributed by atoms with Gasteiger partial charge >= 0.3 is 25.0 Å². The molecule has 3 rings (SSSR count). The number of hydrogen-bond donors (Lipinski definition) is 7. The van der Waals surface area contributed by atoms with Crippen LogP contribution in [0.15, 0.2) is 18.6 Å². The summed E-state index contributed by atoms with van der Waals surface area (Å²) in [4.78, 5) is 43.9. The second-order valence-corrected chi connectivity index (χ2v) is 9.82. The lowest BCUT2D eigenvalue weighted by Gasteiger charge is -2.27. The molecule has 0 aromatic carbocycles. The fourth-order valence-corrected chi connectivity index (χ4v) is 5.03. The fourth-order valence-electron chi connectivity index (χ4n) is 2.91. The highest BCUT2D eigenvalue weighted by atomic mass is 31.3. The largest absolute Gasteiger partial charge is 0.479 e. The van der Waals surface area contributed by atoms with E-state index < -0.39 is 55.7 Å². The number of aliphatic hydroxyl groups is 2. The lowest BCUT2D eigenvalue weighted by Crippen LogP contribution is -2.44. The molecule has 2 aromatic rings. The van der Waals surface area contributed by atoms with E-state index in [4.69, 9.17) is 20.3 Å². The van der Waals surface area contributed by atoms with E-state index in [2.05, 4.69) is 23.1 Å². The van der Waals surface area contributed by atoms with Crippen molar-refractivity contribution >= 4 is 41.9 Å². The van der Waals surface area contributed by atoms with Gasteiger partial charge in [-0.25, -0.2) is 23.2 Å². The molecule has 5 unspecified atom stereocenters. The first-order valence-corrected chi connectivity index (χ1v) is 11.9. The maximum Gasteiger partial charge on any atom is 0.479 e. The van der Waals surface area contributed by atoms with Crippen LogP contribution in [0.4, 0.5) is 5.82 Å². The summed E-state index contributed by atoms with van der Waals surface area (Å²) in [6.45, 7) is 0.563. The van der Waals surface area contributed by atoms with Gasteiger partial charge in [-0.2, -0.15) is 0 Å². The van der Waals surface area contributed by atoms with Crippen LogP contribution in [-0.2, 0) is 22.4 Å². The Balaban J connectivity index is 1.72. The average Bonchev–Trinajstić information content (AvgIpc) is 3.13. The molecule has 1 aliphatic rings. The highest BCUT2D eigenvalue weighted by Crippen LogP contribution is 2.59. The first kappa shape index (κ1) is 23.8. The predicted molar refractivity (Wildman–Crippen MR) is 101 cm³/mol. The topological polar surface area (TPSA) is 232 Å². The van der Waals surface area contributed by atoms with E-state index in [0.29, 0.717) is 11.0 Å². The highest BCUT2D eigenvalue weighted by Gasteiger charge is 2.54. The standard InChI is InChI=1S/C12H19N4O11P3/c1-12(18)8(17)7(4-24-30(22,23)27-29(21)26-28(19)20)25-11(12)16-3-2-6-9(13)14-5-15-10(6)16/h2-3,5,7-8,11,17-21H,4H2,1H3,(H,22,23)(H2,13,14,15)/t7?,8-,11?,12?,29?/m0/s1. The van der Waals surface area contributed by atoms with Gasteiger partial charge in [0.2, 0.25) is 0 Å². The van der Waals surface area contributed by atoms with Crippen molar-refractivity contribution < 1.29 is 52.2 Å². The Labute approximate surface area is 171 Å². The van der Waals surface area contributed by atoms with Crippen molar-refractivity contribution in [3.05, 3.63) is 18.6 Å². The molecule has 0 amide bonds. The van der Waals surface area contributed by atoms with Gasteiger partial charge in [0.05, 0.1) is 12.0 Å². The Hall–Kier alpha value is -0.890. The molecular weight excluding hydrogens is 469 g/mol. The van der Waals surface area contributed by atoms with Gasteiger partial charge in [-0.15, -0.1) is 0 Å². The minimum Gasteiger partial charge on any atom is -0.387 e. The van der Waals surface area contributed by atoms with Crippen molar-refractivity contribution in [2.45, 2.75) is 31.0 Å². The molecule has 0 radical (unpaired) electrons. The normalized spacial score (nSPS) is 30.1. The molecule has 2 aromatic heterocycles. The third-order valence-corrected chi connectivity index (χ3v) is 7.27. The van der Waals surface area contributed by atoms with Gasteiger partial charge in [0.25, 0.3) is 0 Å². The third kappa shape index (κ3) is 4.95. The molecule has 8 N–H and O–H groups in total. The number of nitrogens with zero attached hydrogens (tertiary/aromatic N) is 3. The minimum atomic E-state index is -4.93. The first-order chi connectivity index (χ1) is 13.9. The van der Waals surface area contributed by atoms with Gasteiger partial charge in [-0.3, -0.25) is 4.52 Å². The predicted octanol–water partition coefficient (Wildman–Crippen LogP) is -0.396.